The summed E-state index contributed by atoms with van der Waals surface area (Å²) in [6.07, 6.45) is 1.56. The van der Waals surface area contributed by atoms with Crippen molar-refractivity contribution in [3.8, 4) is 0 Å². The maximum Gasteiger partial charge on any atom is 0.306 e. The SMILES string of the molecule is Cc1ccccc1NCCC(=O)N1CCC(C(=O)O)CC1. The third kappa shape index (κ3) is 4.21. The number of rotatable bonds is 5. The molecule has 114 valence electrons. The number of hydrogen-bond acceptors (Lipinski definition) is 3. The first kappa shape index (κ1) is 15.4. The van der Waals surface area contributed by atoms with Crippen molar-refractivity contribution < 1.29 is 14.7 Å². The summed E-state index contributed by atoms with van der Waals surface area (Å²) in [6, 6.07) is 7.98. The highest BCUT2D eigenvalue weighted by Gasteiger charge is 2.26. The van der Waals surface area contributed by atoms with Crippen LogP contribution in [0.4, 0.5) is 5.69 Å². The van der Waals surface area contributed by atoms with Crippen LogP contribution in [0.15, 0.2) is 24.3 Å². The molecular formula is C16H22N2O3. The molecule has 0 atom stereocenters. The Hall–Kier alpha value is -2.04. The first-order valence-corrected chi connectivity index (χ1v) is 7.38. The van der Waals surface area contributed by atoms with E-state index >= 15 is 0 Å². The van der Waals surface area contributed by atoms with E-state index in [2.05, 4.69) is 5.32 Å². The summed E-state index contributed by atoms with van der Waals surface area (Å²) >= 11 is 0. The number of aryl methyl sites for hydroxylation is 1. The van der Waals surface area contributed by atoms with Gasteiger partial charge in [-0.05, 0) is 31.4 Å². The molecule has 1 fully saturated rings. The summed E-state index contributed by atoms with van der Waals surface area (Å²) in [5, 5.41) is 12.2. The van der Waals surface area contributed by atoms with Crippen LogP contribution in [0.2, 0.25) is 0 Å². The number of aliphatic carboxylic acids is 1. The highest BCUT2D eigenvalue weighted by molar-refractivity contribution is 5.77. The van der Waals surface area contributed by atoms with Crippen LogP contribution in [0.5, 0.6) is 0 Å². The largest absolute Gasteiger partial charge is 0.481 e. The molecule has 0 bridgehead atoms. The third-order valence-electron chi connectivity index (χ3n) is 4.00. The lowest BCUT2D eigenvalue weighted by atomic mass is 9.97. The predicted octanol–water partition coefficient (Wildman–Crippen LogP) is 2.12. The molecular weight excluding hydrogens is 268 g/mol. The average molecular weight is 290 g/mol. The molecule has 1 aliphatic rings. The van der Waals surface area contributed by atoms with Gasteiger partial charge in [-0.1, -0.05) is 18.2 Å². The smallest absolute Gasteiger partial charge is 0.306 e. The Labute approximate surface area is 125 Å². The second-order valence-corrected chi connectivity index (χ2v) is 5.48. The summed E-state index contributed by atoms with van der Waals surface area (Å²) in [6.45, 7) is 3.74. The predicted molar refractivity (Wildman–Crippen MR) is 81.2 cm³/mol. The van der Waals surface area contributed by atoms with E-state index in [1.807, 2.05) is 31.2 Å². The highest BCUT2D eigenvalue weighted by atomic mass is 16.4. The van der Waals surface area contributed by atoms with Gasteiger partial charge in [-0.15, -0.1) is 0 Å². The molecule has 0 aliphatic carbocycles. The topological polar surface area (TPSA) is 69.6 Å². The van der Waals surface area contributed by atoms with Gasteiger partial charge >= 0.3 is 5.97 Å². The molecule has 1 aromatic rings. The Balaban J connectivity index is 1.73. The van der Waals surface area contributed by atoms with Gasteiger partial charge in [-0.25, -0.2) is 0 Å². The van der Waals surface area contributed by atoms with Crippen LogP contribution in [0.3, 0.4) is 0 Å². The van der Waals surface area contributed by atoms with Crippen LogP contribution >= 0.6 is 0 Å². The second kappa shape index (κ2) is 7.11. The van der Waals surface area contributed by atoms with E-state index in [4.69, 9.17) is 5.11 Å². The van der Waals surface area contributed by atoms with Gasteiger partial charge < -0.3 is 15.3 Å². The fraction of sp³-hybridized carbons (Fsp3) is 0.500. The molecule has 1 aromatic carbocycles. The number of carboxylic acid groups (broad SMARTS) is 1. The molecule has 0 aromatic heterocycles. The molecule has 1 heterocycles. The quantitative estimate of drug-likeness (QED) is 0.871. The first-order valence-electron chi connectivity index (χ1n) is 7.38. The molecule has 1 saturated heterocycles. The van der Waals surface area contributed by atoms with Crippen LogP contribution in [0.25, 0.3) is 0 Å². The maximum atomic E-state index is 12.1. The molecule has 1 aliphatic heterocycles. The summed E-state index contributed by atoms with van der Waals surface area (Å²) in [5.41, 5.74) is 2.21. The Kier molecular flexibility index (Phi) is 5.20. The van der Waals surface area contributed by atoms with Crippen LogP contribution in [-0.4, -0.2) is 41.5 Å². The van der Waals surface area contributed by atoms with Crippen molar-refractivity contribution >= 4 is 17.6 Å². The number of nitrogens with one attached hydrogen (secondary N) is 1. The van der Waals surface area contributed by atoms with Crippen molar-refractivity contribution in [2.75, 3.05) is 25.0 Å². The fourth-order valence-electron chi connectivity index (χ4n) is 2.61. The van der Waals surface area contributed by atoms with Gasteiger partial charge in [0.05, 0.1) is 5.92 Å². The summed E-state index contributed by atoms with van der Waals surface area (Å²) in [4.78, 5) is 24.7. The lowest BCUT2D eigenvalue weighted by Gasteiger charge is -2.30. The average Bonchev–Trinajstić information content (AvgIpc) is 2.49. The van der Waals surface area contributed by atoms with E-state index in [1.54, 1.807) is 4.90 Å². The summed E-state index contributed by atoms with van der Waals surface area (Å²) in [7, 11) is 0. The lowest BCUT2D eigenvalue weighted by Crippen LogP contribution is -2.40. The molecule has 21 heavy (non-hydrogen) atoms. The van der Waals surface area contributed by atoms with Crippen molar-refractivity contribution in [3.05, 3.63) is 29.8 Å². The first-order chi connectivity index (χ1) is 10.1. The number of benzene rings is 1. The lowest BCUT2D eigenvalue weighted by molar-refractivity contribution is -0.145. The van der Waals surface area contributed by atoms with E-state index in [-0.39, 0.29) is 11.8 Å². The molecule has 5 heteroatoms. The number of nitrogens with zero attached hydrogens (tertiary/aromatic N) is 1. The van der Waals surface area contributed by atoms with E-state index in [0.717, 1.165) is 11.3 Å². The normalized spacial score (nSPS) is 15.8. The Morgan fingerprint density at radius 3 is 2.57 bits per heavy atom. The zero-order chi connectivity index (χ0) is 15.2. The molecule has 0 unspecified atom stereocenters. The minimum atomic E-state index is -0.747. The van der Waals surface area contributed by atoms with Crippen LogP contribution in [0.1, 0.15) is 24.8 Å². The van der Waals surface area contributed by atoms with Crippen LogP contribution in [0, 0.1) is 12.8 Å². The minimum Gasteiger partial charge on any atom is -0.481 e. The van der Waals surface area contributed by atoms with Gasteiger partial charge in [0, 0.05) is 31.7 Å². The molecule has 2 N–H and O–H groups in total. The minimum absolute atomic E-state index is 0.0972. The zero-order valence-electron chi connectivity index (χ0n) is 12.3. The molecule has 2 rings (SSSR count). The number of anilines is 1. The Bertz CT molecular complexity index is 508. The molecule has 0 radical (unpaired) electrons. The summed E-state index contributed by atoms with van der Waals surface area (Å²) < 4.78 is 0. The third-order valence-corrected chi connectivity index (χ3v) is 4.00. The number of hydrogen-bond donors (Lipinski definition) is 2. The van der Waals surface area contributed by atoms with E-state index < -0.39 is 5.97 Å². The number of amides is 1. The van der Waals surface area contributed by atoms with Gasteiger partial charge in [-0.3, -0.25) is 9.59 Å². The number of piperidine rings is 1. The van der Waals surface area contributed by atoms with Gasteiger partial charge in [0.2, 0.25) is 5.91 Å². The molecule has 0 saturated carbocycles. The van der Waals surface area contributed by atoms with Crippen molar-refractivity contribution in [1.82, 2.24) is 4.90 Å². The Morgan fingerprint density at radius 1 is 1.29 bits per heavy atom. The number of carboxylic acids is 1. The van der Waals surface area contributed by atoms with Gasteiger partial charge in [0.25, 0.3) is 0 Å². The zero-order valence-corrected chi connectivity index (χ0v) is 12.3. The summed E-state index contributed by atoms with van der Waals surface area (Å²) in [5.74, 6) is -0.942. The molecule has 0 spiro atoms. The highest BCUT2D eigenvalue weighted by Crippen LogP contribution is 2.18. The monoisotopic (exact) mass is 290 g/mol. The van der Waals surface area contributed by atoms with Crippen LogP contribution < -0.4 is 5.32 Å². The Morgan fingerprint density at radius 2 is 1.95 bits per heavy atom. The van der Waals surface area contributed by atoms with E-state index in [1.165, 1.54) is 0 Å². The fourth-order valence-corrected chi connectivity index (χ4v) is 2.61. The molecule has 5 nitrogen and oxygen atoms in total. The number of likely N-dealkylation sites (tertiary alicyclic amines) is 1. The number of carbonyl (C=O) groups is 2. The number of para-hydroxylation sites is 1. The van der Waals surface area contributed by atoms with E-state index in [0.29, 0.717) is 38.9 Å². The second-order valence-electron chi connectivity index (χ2n) is 5.48. The van der Waals surface area contributed by atoms with Crippen molar-refractivity contribution in [2.45, 2.75) is 26.2 Å². The number of carbonyl (C=O) groups excluding carboxylic acids is 1. The van der Waals surface area contributed by atoms with Crippen molar-refractivity contribution in [1.29, 1.82) is 0 Å². The molecule has 1 amide bonds. The maximum absolute atomic E-state index is 12.1. The van der Waals surface area contributed by atoms with Gasteiger partial charge in [0.15, 0.2) is 0 Å². The standard InChI is InChI=1S/C16H22N2O3/c1-12-4-2-3-5-14(12)17-9-6-15(19)18-10-7-13(8-11-18)16(20)21/h2-5,13,17H,6-11H2,1H3,(H,20,21). The van der Waals surface area contributed by atoms with Gasteiger partial charge in [0.1, 0.15) is 0 Å². The van der Waals surface area contributed by atoms with Gasteiger partial charge in [-0.2, -0.15) is 0 Å². The van der Waals surface area contributed by atoms with E-state index in [9.17, 15) is 9.59 Å². The van der Waals surface area contributed by atoms with Crippen molar-refractivity contribution in [2.24, 2.45) is 5.92 Å². The van der Waals surface area contributed by atoms with Crippen molar-refractivity contribution in [3.63, 3.8) is 0 Å². The van der Waals surface area contributed by atoms with Crippen LogP contribution in [-0.2, 0) is 9.59 Å².